The Balaban J connectivity index is 2.37. The van der Waals surface area contributed by atoms with E-state index in [4.69, 9.17) is 0 Å². The van der Waals surface area contributed by atoms with Gasteiger partial charge in [-0.1, -0.05) is 6.08 Å². The highest BCUT2D eigenvalue weighted by Gasteiger charge is 2.29. The second kappa shape index (κ2) is 1.41. The van der Waals surface area contributed by atoms with E-state index in [2.05, 4.69) is 25.2 Å². The van der Waals surface area contributed by atoms with Crippen LogP contribution in [-0.4, -0.2) is 0 Å². The molecule has 0 aromatic rings. The van der Waals surface area contributed by atoms with E-state index in [1.165, 1.54) is 23.4 Å². The zero-order valence-electron chi connectivity index (χ0n) is 5.86. The van der Waals surface area contributed by atoms with E-state index in [9.17, 15) is 0 Å². The molecule has 0 bridgehead atoms. The predicted octanol–water partition coefficient (Wildman–Crippen LogP) is 1.79. The van der Waals surface area contributed by atoms with Crippen LogP contribution in [0.1, 0.15) is 20.3 Å². The zero-order valence-corrected chi connectivity index (χ0v) is 5.86. The molecule has 0 amide bonds. The van der Waals surface area contributed by atoms with E-state index in [1.807, 2.05) is 0 Å². The second-order valence-corrected chi connectivity index (χ2v) is 2.88. The van der Waals surface area contributed by atoms with Crippen LogP contribution in [0.2, 0.25) is 0 Å². The normalized spacial score (nSPS) is 30.9. The Morgan fingerprint density at radius 3 is 2.56 bits per heavy atom. The van der Waals surface area contributed by atoms with Crippen LogP contribution in [0.3, 0.4) is 0 Å². The van der Waals surface area contributed by atoms with Gasteiger partial charge in [-0.05, 0) is 25.8 Å². The first kappa shape index (κ1) is 5.10. The summed E-state index contributed by atoms with van der Waals surface area (Å²) in [5.74, 6) is 0.769. The molecular formula is C8H11N. The van der Waals surface area contributed by atoms with Gasteiger partial charge >= 0.3 is 0 Å². The molecule has 1 heterocycles. The Hall–Kier alpha value is -0.720. The van der Waals surface area contributed by atoms with Crippen LogP contribution >= 0.6 is 0 Å². The van der Waals surface area contributed by atoms with Gasteiger partial charge in [0, 0.05) is 17.3 Å². The Morgan fingerprint density at radius 2 is 2.33 bits per heavy atom. The minimum atomic E-state index is 0.769. The van der Waals surface area contributed by atoms with E-state index in [0.717, 1.165) is 5.92 Å². The van der Waals surface area contributed by atoms with Crippen LogP contribution in [0.15, 0.2) is 23.0 Å². The van der Waals surface area contributed by atoms with Crippen LogP contribution in [0.25, 0.3) is 0 Å². The van der Waals surface area contributed by atoms with Gasteiger partial charge in [0.2, 0.25) is 0 Å². The fraction of sp³-hybridized carbons (Fsp3) is 0.500. The Morgan fingerprint density at radius 1 is 1.56 bits per heavy atom. The summed E-state index contributed by atoms with van der Waals surface area (Å²) in [6.07, 6.45) is 3.52. The second-order valence-electron chi connectivity index (χ2n) is 2.88. The monoisotopic (exact) mass is 121 g/mol. The molecule has 1 atom stereocenters. The molecule has 0 aromatic heterocycles. The zero-order chi connectivity index (χ0) is 6.43. The van der Waals surface area contributed by atoms with Gasteiger partial charge in [0.15, 0.2) is 0 Å². The van der Waals surface area contributed by atoms with Crippen molar-refractivity contribution in [3.63, 3.8) is 0 Å². The third-order valence-corrected chi connectivity index (χ3v) is 2.39. The van der Waals surface area contributed by atoms with E-state index in [1.54, 1.807) is 0 Å². The lowest BCUT2D eigenvalue weighted by molar-refractivity contribution is 0.652. The fourth-order valence-electron chi connectivity index (χ4n) is 1.48. The minimum Gasteiger partial charge on any atom is -0.362 e. The Bertz CT molecular complexity index is 211. The standard InChI is InChI=1S/C8H11N/c1-5-6(2)9-8-4-3-7(5)8/h4,7,9H,3H2,1-2H3. The van der Waals surface area contributed by atoms with Crippen molar-refractivity contribution in [1.82, 2.24) is 5.32 Å². The van der Waals surface area contributed by atoms with Crippen LogP contribution in [0.4, 0.5) is 0 Å². The first-order chi connectivity index (χ1) is 4.29. The molecule has 1 nitrogen and oxygen atoms in total. The van der Waals surface area contributed by atoms with Gasteiger partial charge in [0.25, 0.3) is 0 Å². The highest BCUT2D eigenvalue weighted by Crippen LogP contribution is 2.37. The molecule has 0 aromatic carbocycles. The molecule has 1 heteroatoms. The Labute approximate surface area is 55.5 Å². The number of fused-ring (bicyclic) bond motifs is 1. The smallest absolute Gasteiger partial charge is 0.0249 e. The van der Waals surface area contributed by atoms with E-state index >= 15 is 0 Å². The molecule has 2 rings (SSSR count). The summed E-state index contributed by atoms with van der Waals surface area (Å²) in [5.41, 5.74) is 4.33. The first-order valence-corrected chi connectivity index (χ1v) is 3.43. The fourth-order valence-corrected chi connectivity index (χ4v) is 1.48. The van der Waals surface area contributed by atoms with Gasteiger partial charge < -0.3 is 5.32 Å². The predicted molar refractivity (Wildman–Crippen MR) is 37.7 cm³/mol. The molecule has 1 aliphatic carbocycles. The molecule has 9 heavy (non-hydrogen) atoms. The third-order valence-electron chi connectivity index (χ3n) is 2.39. The summed E-state index contributed by atoms with van der Waals surface area (Å²) in [4.78, 5) is 0. The maximum absolute atomic E-state index is 3.34. The molecule has 1 unspecified atom stereocenters. The quantitative estimate of drug-likeness (QED) is 0.515. The van der Waals surface area contributed by atoms with Crippen molar-refractivity contribution in [3.05, 3.63) is 23.0 Å². The van der Waals surface area contributed by atoms with Crippen molar-refractivity contribution >= 4 is 0 Å². The highest BCUT2D eigenvalue weighted by atomic mass is 14.9. The summed E-state index contributed by atoms with van der Waals surface area (Å²) in [5, 5.41) is 3.34. The van der Waals surface area contributed by atoms with E-state index in [-0.39, 0.29) is 0 Å². The molecule has 0 spiro atoms. The molecule has 2 aliphatic rings. The molecule has 0 saturated carbocycles. The van der Waals surface area contributed by atoms with Gasteiger partial charge in [0.05, 0.1) is 0 Å². The van der Waals surface area contributed by atoms with Gasteiger partial charge in [-0.2, -0.15) is 0 Å². The number of hydrogen-bond acceptors (Lipinski definition) is 1. The van der Waals surface area contributed by atoms with Gasteiger partial charge in [-0.3, -0.25) is 0 Å². The number of rotatable bonds is 0. The van der Waals surface area contributed by atoms with Crippen molar-refractivity contribution in [2.75, 3.05) is 0 Å². The van der Waals surface area contributed by atoms with Gasteiger partial charge in [-0.25, -0.2) is 0 Å². The average Bonchev–Trinajstić information content (AvgIpc) is 1.92. The SMILES string of the molecule is CC1=C(C)C2CC=C2N1. The first-order valence-electron chi connectivity index (χ1n) is 3.43. The van der Waals surface area contributed by atoms with Crippen LogP contribution in [0, 0.1) is 5.92 Å². The molecule has 1 aliphatic heterocycles. The summed E-state index contributed by atoms with van der Waals surface area (Å²) in [6, 6.07) is 0. The van der Waals surface area contributed by atoms with Crippen LogP contribution < -0.4 is 5.32 Å². The number of hydrogen-bond donors (Lipinski definition) is 1. The summed E-state index contributed by atoms with van der Waals surface area (Å²) >= 11 is 0. The molecular weight excluding hydrogens is 110 g/mol. The highest BCUT2D eigenvalue weighted by molar-refractivity contribution is 5.38. The van der Waals surface area contributed by atoms with Gasteiger partial charge in [-0.15, -0.1) is 0 Å². The minimum absolute atomic E-state index is 0.769. The maximum Gasteiger partial charge on any atom is 0.0249 e. The Kier molecular flexibility index (Phi) is 0.797. The molecule has 48 valence electrons. The maximum atomic E-state index is 3.34. The van der Waals surface area contributed by atoms with Crippen molar-refractivity contribution in [1.29, 1.82) is 0 Å². The molecule has 0 radical (unpaired) electrons. The molecule has 0 saturated heterocycles. The van der Waals surface area contributed by atoms with E-state index in [0.29, 0.717) is 0 Å². The van der Waals surface area contributed by atoms with Crippen molar-refractivity contribution in [2.45, 2.75) is 20.3 Å². The summed E-state index contributed by atoms with van der Waals surface area (Å²) in [6.45, 7) is 4.36. The lowest BCUT2D eigenvalue weighted by atomic mass is 9.87. The van der Waals surface area contributed by atoms with Crippen molar-refractivity contribution < 1.29 is 0 Å². The van der Waals surface area contributed by atoms with E-state index < -0.39 is 0 Å². The van der Waals surface area contributed by atoms with Crippen LogP contribution in [0.5, 0.6) is 0 Å². The number of nitrogens with one attached hydrogen (secondary N) is 1. The van der Waals surface area contributed by atoms with Crippen LogP contribution in [-0.2, 0) is 0 Å². The lowest BCUT2D eigenvalue weighted by Crippen LogP contribution is -2.15. The third kappa shape index (κ3) is 0.493. The summed E-state index contributed by atoms with van der Waals surface area (Å²) in [7, 11) is 0. The topological polar surface area (TPSA) is 12.0 Å². The number of allylic oxidation sites excluding steroid dienone is 3. The largest absolute Gasteiger partial charge is 0.362 e. The summed E-state index contributed by atoms with van der Waals surface area (Å²) < 4.78 is 0. The molecule has 1 N–H and O–H groups in total. The van der Waals surface area contributed by atoms with Crippen molar-refractivity contribution in [3.8, 4) is 0 Å². The van der Waals surface area contributed by atoms with Crippen molar-refractivity contribution in [2.24, 2.45) is 5.92 Å². The lowest BCUT2D eigenvalue weighted by Gasteiger charge is -2.20. The molecule has 0 fully saturated rings. The average molecular weight is 121 g/mol. The van der Waals surface area contributed by atoms with Gasteiger partial charge in [0.1, 0.15) is 0 Å².